The lowest BCUT2D eigenvalue weighted by Gasteiger charge is -2.29. The third-order valence-corrected chi connectivity index (χ3v) is 11.4. The number of rotatable bonds is 6. The van der Waals surface area contributed by atoms with Crippen molar-refractivity contribution in [3.8, 4) is 0 Å². The van der Waals surface area contributed by atoms with E-state index in [0.29, 0.717) is 43.4 Å². The number of fused-ring (bicyclic) bond motifs is 3. The fraction of sp³-hybridized carbons (Fsp3) is 0.545. The lowest BCUT2D eigenvalue weighted by molar-refractivity contribution is -0.141. The molecule has 15 nitrogen and oxygen atoms in total. The molecule has 3 heterocycles. The number of nitrogens with zero attached hydrogens (tertiary/aromatic N) is 2. The highest BCUT2D eigenvalue weighted by atomic mass is 32.2. The van der Waals surface area contributed by atoms with E-state index in [0.717, 1.165) is 0 Å². The maximum absolute atomic E-state index is 14.4. The second-order valence-corrected chi connectivity index (χ2v) is 15.5. The molecule has 0 bridgehead atoms. The van der Waals surface area contributed by atoms with Crippen LogP contribution in [0.2, 0.25) is 0 Å². The normalized spacial score (nSPS) is 28.8. The number of alkyl carbamates (subject to hydrolysis) is 1. The van der Waals surface area contributed by atoms with Gasteiger partial charge in [-0.3, -0.25) is 24.0 Å². The first kappa shape index (κ1) is 35.3. The first-order valence-corrected chi connectivity index (χ1v) is 18.2. The molecule has 1 unspecified atom stereocenters. The van der Waals surface area contributed by atoms with Gasteiger partial charge in [-0.15, -0.1) is 0 Å². The Hall–Kier alpha value is -4.51. The molecule has 4 N–H and O–H groups in total. The van der Waals surface area contributed by atoms with Crippen LogP contribution >= 0.6 is 0 Å². The van der Waals surface area contributed by atoms with Gasteiger partial charge in [0.05, 0.1) is 24.1 Å². The van der Waals surface area contributed by atoms with E-state index in [9.17, 15) is 36.8 Å². The molecule has 2 aliphatic carbocycles. The Morgan fingerprint density at radius 2 is 1.94 bits per heavy atom. The number of sulfonamides is 1. The third kappa shape index (κ3) is 7.62. The summed E-state index contributed by atoms with van der Waals surface area (Å²) in [4.78, 5) is 70.1. The van der Waals surface area contributed by atoms with Crippen LogP contribution in [0.25, 0.3) is 0 Å². The van der Waals surface area contributed by atoms with Gasteiger partial charge in [-0.1, -0.05) is 30.9 Å². The summed E-state index contributed by atoms with van der Waals surface area (Å²) in [6.45, 7) is 5.31. The summed E-state index contributed by atoms with van der Waals surface area (Å²) in [6.07, 6.45) is 3.03. The average molecular weight is 717 g/mol. The lowest BCUT2D eigenvalue weighted by atomic mass is 10.1. The highest BCUT2D eigenvalue weighted by Crippen LogP contribution is 2.46. The molecule has 3 aliphatic heterocycles. The van der Waals surface area contributed by atoms with Crippen molar-refractivity contribution < 1.29 is 46.3 Å². The first-order chi connectivity index (χ1) is 23.8. The maximum Gasteiger partial charge on any atom is 0.412 e. The van der Waals surface area contributed by atoms with Gasteiger partial charge >= 0.3 is 12.2 Å². The Morgan fingerprint density at radius 1 is 1.16 bits per heavy atom. The largest absolute Gasteiger partial charge is 0.444 e. The molecule has 2 saturated carbocycles. The van der Waals surface area contributed by atoms with E-state index in [1.54, 1.807) is 18.2 Å². The summed E-state index contributed by atoms with van der Waals surface area (Å²) in [5.74, 6) is -3.15. The fourth-order valence-electron chi connectivity index (χ4n) is 6.65. The molecular formula is C33H41FN6O9S. The summed E-state index contributed by atoms with van der Waals surface area (Å²) >= 11 is 0. The summed E-state index contributed by atoms with van der Waals surface area (Å²) < 4.78 is 52.7. The second-order valence-electron chi connectivity index (χ2n) is 13.5. The number of ether oxygens (including phenoxy) is 2. The topological polar surface area (TPSA) is 193 Å². The fourth-order valence-corrected chi connectivity index (χ4v) is 8.01. The van der Waals surface area contributed by atoms with Crippen LogP contribution in [0, 0.1) is 11.7 Å². The number of carbonyl (C=O) groups is 5. The molecular weight excluding hydrogens is 675 g/mol. The molecule has 5 atom stereocenters. The van der Waals surface area contributed by atoms with Crippen LogP contribution in [0.15, 0.2) is 42.7 Å². The van der Waals surface area contributed by atoms with Gasteiger partial charge in [0.25, 0.3) is 5.91 Å². The molecule has 6 rings (SSSR count). The minimum absolute atomic E-state index is 0.0150. The van der Waals surface area contributed by atoms with Gasteiger partial charge in [0.2, 0.25) is 21.8 Å². The van der Waals surface area contributed by atoms with Crippen molar-refractivity contribution in [3.63, 3.8) is 0 Å². The zero-order valence-corrected chi connectivity index (χ0v) is 28.4. The summed E-state index contributed by atoms with van der Waals surface area (Å²) in [5.41, 5.74) is -0.563. The molecule has 5 amide bonds. The zero-order valence-electron chi connectivity index (χ0n) is 27.6. The number of benzene rings is 1. The van der Waals surface area contributed by atoms with Crippen LogP contribution in [0.1, 0.15) is 56.6 Å². The van der Waals surface area contributed by atoms with Gasteiger partial charge in [-0.25, -0.2) is 22.4 Å². The van der Waals surface area contributed by atoms with Crippen LogP contribution in [-0.2, 0) is 47.0 Å². The van der Waals surface area contributed by atoms with Gasteiger partial charge in [0.1, 0.15) is 29.5 Å². The molecule has 0 radical (unpaired) electrons. The van der Waals surface area contributed by atoms with Crippen LogP contribution < -0.4 is 20.7 Å². The molecule has 0 spiro atoms. The van der Waals surface area contributed by atoms with Gasteiger partial charge in [0, 0.05) is 31.0 Å². The Bertz CT molecular complexity index is 1730. The molecule has 0 aromatic heterocycles. The predicted molar refractivity (Wildman–Crippen MR) is 175 cm³/mol. The van der Waals surface area contributed by atoms with Crippen molar-refractivity contribution in [3.05, 3.63) is 59.6 Å². The van der Waals surface area contributed by atoms with Gasteiger partial charge in [-0.2, -0.15) is 0 Å². The van der Waals surface area contributed by atoms with E-state index < -0.39 is 80.6 Å². The minimum atomic E-state index is -3.93. The highest BCUT2D eigenvalue weighted by Gasteiger charge is 2.62. The van der Waals surface area contributed by atoms with Gasteiger partial charge in [-0.05, 0) is 57.2 Å². The van der Waals surface area contributed by atoms with Gasteiger partial charge in [0.15, 0.2) is 0 Å². The SMILES string of the molecule is C=C(C)OC(=O)N[C@H]1CNCCC/C=C\[C@@H]2C[C@@]2(C(=O)NS(=O)(=O)C2CC2)NC(=O)C2C[C@@H](OC(=O)N3Cc4cccc(F)c4C3)CN2C1=O. The van der Waals surface area contributed by atoms with Crippen molar-refractivity contribution >= 4 is 39.9 Å². The van der Waals surface area contributed by atoms with E-state index in [2.05, 4.69) is 27.3 Å². The van der Waals surface area contributed by atoms with Crippen LogP contribution in [0.4, 0.5) is 14.0 Å². The lowest BCUT2D eigenvalue weighted by Crippen LogP contribution is -2.59. The molecule has 1 saturated heterocycles. The number of amides is 5. The average Bonchev–Trinajstić information content (AvgIpc) is 3.93. The first-order valence-electron chi connectivity index (χ1n) is 16.7. The van der Waals surface area contributed by atoms with E-state index in [4.69, 9.17) is 9.47 Å². The number of allylic oxidation sites excluding steroid dienone is 2. The van der Waals surface area contributed by atoms with Crippen molar-refractivity contribution in [1.82, 2.24) is 30.5 Å². The van der Waals surface area contributed by atoms with Crippen LogP contribution in [-0.4, -0.2) is 96.7 Å². The van der Waals surface area contributed by atoms with E-state index in [1.807, 2.05) is 6.08 Å². The number of hydrogen-bond acceptors (Lipinski definition) is 10. The quantitative estimate of drug-likeness (QED) is 0.247. The van der Waals surface area contributed by atoms with E-state index >= 15 is 0 Å². The maximum atomic E-state index is 14.4. The van der Waals surface area contributed by atoms with Crippen molar-refractivity contribution in [1.29, 1.82) is 0 Å². The van der Waals surface area contributed by atoms with Crippen molar-refractivity contribution in [2.75, 3.05) is 19.6 Å². The standard InChI is InChI=1S/C33H41FN6O9S/c1-19(2)48-31(44)36-26-15-35-12-5-3-4-8-21-14-33(21,30(43)38-50(46,47)23-10-11-23)37-28(41)27-13-22(17-40(27)29(26)42)49-32(45)39-16-20-7-6-9-25(34)24(20)18-39/h4,6-9,21-23,26-27,35H,1,3,5,10-18H2,2H3,(H,36,44)(H,37,41)(H,38,43)/b8-4-/t21-,22-,26+,27?,33-/m1/s1. The zero-order chi connectivity index (χ0) is 35.8. The molecule has 1 aromatic rings. The van der Waals surface area contributed by atoms with E-state index in [1.165, 1.54) is 22.8 Å². The van der Waals surface area contributed by atoms with Crippen molar-refractivity contribution in [2.24, 2.45) is 5.92 Å². The Morgan fingerprint density at radius 3 is 2.66 bits per heavy atom. The summed E-state index contributed by atoms with van der Waals surface area (Å²) in [5, 5.41) is 7.74. The predicted octanol–water partition coefficient (Wildman–Crippen LogP) is 1.30. The minimum Gasteiger partial charge on any atom is -0.444 e. The van der Waals surface area contributed by atoms with Crippen LogP contribution in [0.5, 0.6) is 0 Å². The second kappa shape index (κ2) is 14.0. The molecule has 5 aliphatic rings. The highest BCUT2D eigenvalue weighted by molar-refractivity contribution is 7.91. The van der Waals surface area contributed by atoms with Crippen LogP contribution in [0.3, 0.4) is 0 Å². The molecule has 50 heavy (non-hydrogen) atoms. The van der Waals surface area contributed by atoms with E-state index in [-0.39, 0.29) is 44.8 Å². The molecule has 1 aromatic carbocycles. The Balaban J connectivity index is 1.25. The third-order valence-electron chi connectivity index (χ3n) is 9.56. The summed E-state index contributed by atoms with van der Waals surface area (Å²) in [6, 6.07) is 2.09. The Labute approximate surface area is 289 Å². The van der Waals surface area contributed by atoms with Gasteiger partial charge < -0.3 is 30.3 Å². The number of hydrogen-bond donors (Lipinski definition) is 4. The molecule has 270 valence electrons. The van der Waals surface area contributed by atoms with Crippen molar-refractivity contribution in [2.45, 2.75) is 87.5 Å². The Kier molecular flexibility index (Phi) is 9.90. The molecule has 17 heteroatoms. The number of nitrogens with one attached hydrogen (secondary N) is 4. The number of halogens is 1. The molecule has 3 fully saturated rings. The summed E-state index contributed by atoms with van der Waals surface area (Å²) in [7, 11) is -3.93. The number of carbonyl (C=O) groups excluding carboxylic acids is 5. The smallest absolute Gasteiger partial charge is 0.412 e. The monoisotopic (exact) mass is 716 g/mol.